The minimum Gasteiger partial charge on any atom is -0.489 e. The minimum absolute atomic E-state index is 0.119. The third-order valence-electron chi connectivity index (χ3n) is 3.41. The Labute approximate surface area is 153 Å². The normalized spacial score (nSPS) is 15.8. The summed E-state index contributed by atoms with van der Waals surface area (Å²) >= 11 is 11.2. The topological polar surface area (TPSA) is 54.0 Å². The van der Waals surface area contributed by atoms with E-state index in [1.807, 2.05) is 32.0 Å². The Hall–Kier alpha value is -0.450. The molecular weight excluding hydrogens is 374 g/mol. The molecule has 0 radical (unpaired) electrons. The van der Waals surface area contributed by atoms with Crippen LogP contribution in [0.2, 0.25) is 0 Å². The SMILES string of the molecule is CC1(C)Cc2cccc(OCCP(=O)(OCCCl)OCCCl)c2O1. The smallest absolute Gasteiger partial charge is 0.334 e. The summed E-state index contributed by atoms with van der Waals surface area (Å²) in [4.78, 5) is 0. The molecule has 0 saturated heterocycles. The van der Waals surface area contributed by atoms with Crippen LogP contribution < -0.4 is 9.47 Å². The lowest BCUT2D eigenvalue weighted by molar-refractivity contribution is 0.132. The highest BCUT2D eigenvalue weighted by Gasteiger charge is 2.32. The van der Waals surface area contributed by atoms with Crippen LogP contribution in [0.5, 0.6) is 11.5 Å². The van der Waals surface area contributed by atoms with Crippen LogP contribution in [0.25, 0.3) is 0 Å². The summed E-state index contributed by atoms with van der Waals surface area (Å²) in [5.41, 5.74) is 0.863. The molecule has 2 rings (SSSR count). The number of benzene rings is 1. The number of hydrogen-bond acceptors (Lipinski definition) is 5. The van der Waals surface area contributed by atoms with Gasteiger partial charge in [0.2, 0.25) is 0 Å². The number of rotatable bonds is 10. The number of hydrogen-bond donors (Lipinski definition) is 0. The maximum absolute atomic E-state index is 12.6. The molecule has 1 aromatic rings. The van der Waals surface area contributed by atoms with Gasteiger partial charge in [-0.15, -0.1) is 23.2 Å². The van der Waals surface area contributed by atoms with Crippen LogP contribution in [0, 0.1) is 0 Å². The number of fused-ring (bicyclic) bond motifs is 1. The van der Waals surface area contributed by atoms with Crippen molar-refractivity contribution in [3.8, 4) is 11.5 Å². The van der Waals surface area contributed by atoms with Crippen LogP contribution in [0.15, 0.2) is 18.2 Å². The Balaban J connectivity index is 1.96. The van der Waals surface area contributed by atoms with E-state index in [0.717, 1.165) is 17.7 Å². The van der Waals surface area contributed by atoms with Crippen LogP contribution in [-0.2, 0) is 20.0 Å². The van der Waals surface area contributed by atoms with Crippen molar-refractivity contribution in [1.29, 1.82) is 0 Å². The van der Waals surface area contributed by atoms with E-state index in [1.54, 1.807) is 0 Å². The van der Waals surface area contributed by atoms with E-state index in [4.69, 9.17) is 41.7 Å². The third kappa shape index (κ3) is 5.53. The fraction of sp³-hybridized carbons (Fsp3) is 0.625. The second-order valence-electron chi connectivity index (χ2n) is 6.01. The van der Waals surface area contributed by atoms with E-state index in [1.165, 1.54) is 0 Å². The number of alkyl halides is 2. The van der Waals surface area contributed by atoms with Crippen molar-refractivity contribution in [3.05, 3.63) is 23.8 Å². The Morgan fingerprint density at radius 2 is 1.83 bits per heavy atom. The van der Waals surface area contributed by atoms with E-state index in [-0.39, 0.29) is 43.3 Å². The Morgan fingerprint density at radius 1 is 1.17 bits per heavy atom. The molecule has 0 spiro atoms. The third-order valence-corrected chi connectivity index (χ3v) is 5.60. The number of para-hydroxylation sites is 1. The van der Waals surface area contributed by atoms with Crippen LogP contribution in [0.3, 0.4) is 0 Å². The monoisotopic (exact) mass is 396 g/mol. The predicted octanol–water partition coefficient (Wildman–Crippen LogP) is 4.48. The first kappa shape index (κ1) is 19.9. The molecule has 1 aliphatic heterocycles. The van der Waals surface area contributed by atoms with Gasteiger partial charge in [0.15, 0.2) is 11.5 Å². The zero-order valence-electron chi connectivity index (χ0n) is 13.9. The second-order valence-corrected chi connectivity index (χ2v) is 8.95. The summed E-state index contributed by atoms with van der Waals surface area (Å²) in [5.74, 6) is 1.87. The van der Waals surface area contributed by atoms with Gasteiger partial charge in [-0.1, -0.05) is 12.1 Å². The molecule has 0 saturated carbocycles. The molecule has 136 valence electrons. The van der Waals surface area contributed by atoms with Crippen LogP contribution in [0.1, 0.15) is 19.4 Å². The number of ether oxygens (including phenoxy) is 2. The number of halogens is 2. The first-order valence-corrected chi connectivity index (χ1v) is 10.6. The van der Waals surface area contributed by atoms with Crippen molar-refractivity contribution in [1.82, 2.24) is 0 Å². The quantitative estimate of drug-likeness (QED) is 0.430. The molecule has 5 nitrogen and oxygen atoms in total. The molecule has 0 N–H and O–H groups in total. The molecule has 0 fully saturated rings. The van der Waals surface area contributed by atoms with Gasteiger partial charge in [0.05, 0.1) is 26.0 Å². The summed E-state index contributed by atoms with van der Waals surface area (Å²) in [5, 5.41) is 0. The van der Waals surface area contributed by atoms with E-state index in [9.17, 15) is 4.57 Å². The summed E-state index contributed by atoms with van der Waals surface area (Å²) < 4.78 is 34.9. The second kappa shape index (κ2) is 8.77. The van der Waals surface area contributed by atoms with Crippen molar-refractivity contribution in [2.75, 3.05) is 37.7 Å². The van der Waals surface area contributed by atoms with Crippen molar-refractivity contribution < 1.29 is 23.1 Å². The fourth-order valence-electron chi connectivity index (χ4n) is 2.48. The van der Waals surface area contributed by atoms with E-state index in [0.29, 0.717) is 5.75 Å². The zero-order valence-corrected chi connectivity index (χ0v) is 16.3. The van der Waals surface area contributed by atoms with Crippen molar-refractivity contribution in [2.24, 2.45) is 0 Å². The van der Waals surface area contributed by atoms with Gasteiger partial charge >= 0.3 is 7.60 Å². The molecule has 0 bridgehead atoms. The lowest BCUT2D eigenvalue weighted by Crippen LogP contribution is -2.24. The van der Waals surface area contributed by atoms with E-state index >= 15 is 0 Å². The fourth-order valence-corrected chi connectivity index (χ4v) is 4.24. The van der Waals surface area contributed by atoms with Crippen LogP contribution in [-0.4, -0.2) is 43.3 Å². The van der Waals surface area contributed by atoms with Gasteiger partial charge in [-0.2, -0.15) is 0 Å². The van der Waals surface area contributed by atoms with Crippen molar-refractivity contribution in [3.63, 3.8) is 0 Å². The molecule has 0 amide bonds. The maximum Gasteiger partial charge on any atom is 0.334 e. The molecule has 1 aromatic carbocycles. The van der Waals surface area contributed by atoms with Gasteiger partial charge in [0.25, 0.3) is 0 Å². The molecule has 0 unspecified atom stereocenters. The van der Waals surface area contributed by atoms with Gasteiger partial charge < -0.3 is 18.5 Å². The first-order chi connectivity index (χ1) is 11.4. The van der Waals surface area contributed by atoms with Crippen molar-refractivity contribution >= 4 is 30.8 Å². The zero-order chi connectivity index (χ0) is 17.6. The van der Waals surface area contributed by atoms with E-state index in [2.05, 4.69) is 0 Å². The molecule has 0 aromatic heterocycles. The summed E-state index contributed by atoms with van der Waals surface area (Å²) in [7, 11) is -3.27. The van der Waals surface area contributed by atoms with E-state index < -0.39 is 7.60 Å². The molecule has 0 atom stereocenters. The van der Waals surface area contributed by atoms with Gasteiger partial charge in [0, 0.05) is 23.7 Å². The summed E-state index contributed by atoms with van der Waals surface area (Å²) in [6.45, 7) is 4.55. The van der Waals surface area contributed by atoms with Gasteiger partial charge in [-0.3, -0.25) is 4.57 Å². The predicted molar refractivity (Wildman–Crippen MR) is 96.2 cm³/mol. The maximum atomic E-state index is 12.6. The standard InChI is InChI=1S/C16H23Cl2O5P/c1-16(2)12-13-4-3-5-14(15(13)23-16)20-10-11-24(19,21-8-6-17)22-9-7-18/h3-5H,6-12H2,1-2H3. The Bertz CT molecular complexity index is 582. The first-order valence-electron chi connectivity index (χ1n) is 7.83. The summed E-state index contributed by atoms with van der Waals surface area (Å²) in [6.07, 6.45) is 0.948. The molecule has 1 aliphatic rings. The van der Waals surface area contributed by atoms with Crippen LogP contribution >= 0.6 is 30.8 Å². The largest absolute Gasteiger partial charge is 0.489 e. The van der Waals surface area contributed by atoms with Gasteiger partial charge in [-0.05, 0) is 19.9 Å². The highest BCUT2D eigenvalue weighted by molar-refractivity contribution is 7.53. The summed E-state index contributed by atoms with van der Waals surface area (Å²) in [6, 6.07) is 5.78. The lowest BCUT2D eigenvalue weighted by Gasteiger charge is -2.20. The van der Waals surface area contributed by atoms with Crippen molar-refractivity contribution in [2.45, 2.75) is 25.9 Å². The van der Waals surface area contributed by atoms with Gasteiger partial charge in [-0.25, -0.2) is 0 Å². The Morgan fingerprint density at radius 3 is 2.46 bits per heavy atom. The van der Waals surface area contributed by atoms with Crippen LogP contribution in [0.4, 0.5) is 0 Å². The molecule has 8 heteroatoms. The average molecular weight is 397 g/mol. The highest BCUT2D eigenvalue weighted by Crippen LogP contribution is 2.48. The average Bonchev–Trinajstić information content (AvgIpc) is 2.86. The molecule has 1 heterocycles. The lowest BCUT2D eigenvalue weighted by atomic mass is 10.0. The Kier molecular flexibility index (Phi) is 7.26. The molecule has 0 aliphatic carbocycles. The molecular formula is C16H23Cl2O5P. The minimum atomic E-state index is -3.27. The highest BCUT2D eigenvalue weighted by atomic mass is 35.5. The molecule has 24 heavy (non-hydrogen) atoms. The van der Waals surface area contributed by atoms with Gasteiger partial charge in [0.1, 0.15) is 5.60 Å².